The number of likely N-dealkylation sites (tertiary alicyclic amines) is 1. The molecule has 1 aliphatic heterocycles. The molecule has 0 aliphatic carbocycles. The molecule has 1 saturated heterocycles. The predicted octanol–water partition coefficient (Wildman–Crippen LogP) is 3.72. The molecule has 1 aromatic carbocycles. The lowest BCUT2D eigenvalue weighted by Crippen LogP contribution is -2.47. The molecule has 2 rings (SSSR count). The SMILES string of the molecule is C[C@@H]1CCC[C@@H](C)N1CCNC(=O)Nc1ccc(Cl)cc1. The molecule has 0 radical (unpaired) electrons. The second kappa shape index (κ2) is 7.66. The van der Waals surface area contributed by atoms with E-state index in [2.05, 4.69) is 29.4 Å². The number of nitrogens with one attached hydrogen (secondary N) is 2. The van der Waals surface area contributed by atoms with Gasteiger partial charge in [-0.25, -0.2) is 4.79 Å². The minimum atomic E-state index is -0.172. The Hall–Kier alpha value is -1.26. The number of benzene rings is 1. The van der Waals surface area contributed by atoms with Crippen molar-refractivity contribution in [2.75, 3.05) is 18.4 Å². The molecule has 2 amide bonds. The Balaban J connectivity index is 1.72. The highest BCUT2D eigenvalue weighted by Crippen LogP contribution is 2.21. The summed E-state index contributed by atoms with van der Waals surface area (Å²) >= 11 is 5.81. The average molecular weight is 310 g/mol. The van der Waals surface area contributed by atoms with Crippen LogP contribution >= 0.6 is 11.6 Å². The highest BCUT2D eigenvalue weighted by atomic mass is 35.5. The van der Waals surface area contributed by atoms with Gasteiger partial charge in [-0.2, -0.15) is 0 Å². The van der Waals surface area contributed by atoms with Crippen molar-refractivity contribution >= 4 is 23.3 Å². The summed E-state index contributed by atoms with van der Waals surface area (Å²) in [6.45, 7) is 6.09. The van der Waals surface area contributed by atoms with E-state index in [1.165, 1.54) is 19.3 Å². The van der Waals surface area contributed by atoms with Crippen LogP contribution in [0.4, 0.5) is 10.5 Å². The molecule has 116 valence electrons. The van der Waals surface area contributed by atoms with Crippen LogP contribution in [0.15, 0.2) is 24.3 Å². The van der Waals surface area contributed by atoms with E-state index >= 15 is 0 Å². The maximum Gasteiger partial charge on any atom is 0.319 e. The van der Waals surface area contributed by atoms with Crippen LogP contribution in [0.2, 0.25) is 5.02 Å². The van der Waals surface area contributed by atoms with E-state index in [0.29, 0.717) is 23.7 Å². The summed E-state index contributed by atoms with van der Waals surface area (Å²) in [6, 6.07) is 8.13. The van der Waals surface area contributed by atoms with Crippen molar-refractivity contribution in [2.45, 2.75) is 45.2 Å². The van der Waals surface area contributed by atoms with Crippen LogP contribution in [0.25, 0.3) is 0 Å². The summed E-state index contributed by atoms with van der Waals surface area (Å²) in [7, 11) is 0. The van der Waals surface area contributed by atoms with E-state index in [0.717, 1.165) is 12.2 Å². The number of hydrogen-bond donors (Lipinski definition) is 2. The maximum atomic E-state index is 11.8. The molecule has 1 aromatic rings. The molecule has 1 aliphatic rings. The van der Waals surface area contributed by atoms with E-state index in [-0.39, 0.29) is 6.03 Å². The first-order valence-electron chi connectivity index (χ1n) is 7.62. The van der Waals surface area contributed by atoms with Gasteiger partial charge in [-0.05, 0) is 51.0 Å². The number of amides is 2. The van der Waals surface area contributed by atoms with Crippen molar-refractivity contribution in [1.82, 2.24) is 10.2 Å². The third kappa shape index (κ3) is 4.90. The minimum Gasteiger partial charge on any atom is -0.337 e. The first-order chi connectivity index (χ1) is 10.1. The van der Waals surface area contributed by atoms with Crippen molar-refractivity contribution in [3.8, 4) is 0 Å². The van der Waals surface area contributed by atoms with Crippen LogP contribution < -0.4 is 10.6 Å². The Labute approximate surface area is 131 Å². The molecular formula is C16H24ClN3O. The molecule has 0 spiro atoms. The number of halogens is 1. The molecule has 0 saturated carbocycles. The van der Waals surface area contributed by atoms with Crippen molar-refractivity contribution in [3.05, 3.63) is 29.3 Å². The van der Waals surface area contributed by atoms with Gasteiger partial charge in [-0.3, -0.25) is 4.90 Å². The van der Waals surface area contributed by atoms with E-state index in [1.54, 1.807) is 24.3 Å². The fourth-order valence-corrected chi connectivity index (χ4v) is 3.05. The lowest BCUT2D eigenvalue weighted by atomic mass is 9.98. The Morgan fingerprint density at radius 3 is 2.48 bits per heavy atom. The second-order valence-electron chi connectivity index (χ2n) is 5.75. The maximum absolute atomic E-state index is 11.8. The van der Waals surface area contributed by atoms with Crippen LogP contribution in [0.1, 0.15) is 33.1 Å². The van der Waals surface area contributed by atoms with E-state index in [9.17, 15) is 4.79 Å². The number of hydrogen-bond acceptors (Lipinski definition) is 2. The smallest absolute Gasteiger partial charge is 0.319 e. The monoisotopic (exact) mass is 309 g/mol. The Morgan fingerprint density at radius 1 is 1.24 bits per heavy atom. The van der Waals surface area contributed by atoms with E-state index in [1.807, 2.05) is 0 Å². The molecule has 0 bridgehead atoms. The molecule has 21 heavy (non-hydrogen) atoms. The molecule has 4 nitrogen and oxygen atoms in total. The first-order valence-corrected chi connectivity index (χ1v) is 8.00. The quantitative estimate of drug-likeness (QED) is 0.890. The fraction of sp³-hybridized carbons (Fsp3) is 0.562. The van der Waals surface area contributed by atoms with Crippen LogP contribution in [0, 0.1) is 0 Å². The molecule has 2 N–H and O–H groups in total. The summed E-state index contributed by atoms with van der Waals surface area (Å²) in [5.41, 5.74) is 0.747. The standard InChI is InChI=1S/C16H24ClN3O/c1-12-4-3-5-13(2)20(12)11-10-18-16(21)19-15-8-6-14(17)7-9-15/h6-9,12-13H,3-5,10-11H2,1-2H3,(H2,18,19,21)/t12-,13-/m1/s1. The number of anilines is 1. The van der Waals surface area contributed by atoms with Gasteiger partial charge in [0.2, 0.25) is 0 Å². The fourth-order valence-electron chi connectivity index (χ4n) is 2.92. The highest BCUT2D eigenvalue weighted by Gasteiger charge is 2.23. The van der Waals surface area contributed by atoms with Crippen LogP contribution in [-0.2, 0) is 0 Å². The van der Waals surface area contributed by atoms with Gasteiger partial charge in [0.25, 0.3) is 0 Å². The largest absolute Gasteiger partial charge is 0.337 e. The Bertz CT molecular complexity index is 453. The van der Waals surface area contributed by atoms with Crippen molar-refractivity contribution in [2.24, 2.45) is 0 Å². The van der Waals surface area contributed by atoms with Gasteiger partial charge in [0, 0.05) is 35.9 Å². The molecule has 0 aromatic heterocycles. The lowest BCUT2D eigenvalue weighted by molar-refractivity contribution is 0.105. The third-order valence-electron chi connectivity index (χ3n) is 4.13. The average Bonchev–Trinajstić information content (AvgIpc) is 2.45. The van der Waals surface area contributed by atoms with Crippen molar-refractivity contribution in [1.29, 1.82) is 0 Å². The van der Waals surface area contributed by atoms with Crippen LogP contribution in [-0.4, -0.2) is 36.1 Å². The molecule has 0 unspecified atom stereocenters. The normalized spacial score (nSPS) is 22.8. The summed E-state index contributed by atoms with van der Waals surface area (Å²) in [6.07, 6.45) is 3.81. The van der Waals surface area contributed by atoms with Gasteiger partial charge in [0.05, 0.1) is 0 Å². The number of urea groups is 1. The zero-order valence-electron chi connectivity index (χ0n) is 12.7. The predicted molar refractivity (Wildman–Crippen MR) is 88.0 cm³/mol. The van der Waals surface area contributed by atoms with Gasteiger partial charge < -0.3 is 10.6 Å². The summed E-state index contributed by atoms with van der Waals surface area (Å²) in [5.74, 6) is 0. The molecular weight excluding hydrogens is 286 g/mol. The van der Waals surface area contributed by atoms with Gasteiger partial charge in [-0.15, -0.1) is 0 Å². The highest BCUT2D eigenvalue weighted by molar-refractivity contribution is 6.30. The zero-order chi connectivity index (χ0) is 15.2. The van der Waals surface area contributed by atoms with Crippen molar-refractivity contribution in [3.63, 3.8) is 0 Å². The van der Waals surface area contributed by atoms with Gasteiger partial charge in [0.1, 0.15) is 0 Å². The molecule has 5 heteroatoms. The van der Waals surface area contributed by atoms with Gasteiger partial charge >= 0.3 is 6.03 Å². The topological polar surface area (TPSA) is 44.4 Å². The van der Waals surface area contributed by atoms with Crippen LogP contribution in [0.5, 0.6) is 0 Å². The summed E-state index contributed by atoms with van der Waals surface area (Å²) < 4.78 is 0. The summed E-state index contributed by atoms with van der Waals surface area (Å²) in [4.78, 5) is 14.3. The number of nitrogens with zero attached hydrogens (tertiary/aromatic N) is 1. The Kier molecular flexibility index (Phi) is 5.88. The lowest BCUT2D eigenvalue weighted by Gasteiger charge is -2.39. The van der Waals surface area contributed by atoms with Gasteiger partial charge in [-0.1, -0.05) is 18.0 Å². The van der Waals surface area contributed by atoms with Crippen LogP contribution in [0.3, 0.4) is 0 Å². The Morgan fingerprint density at radius 2 is 1.86 bits per heavy atom. The second-order valence-corrected chi connectivity index (χ2v) is 6.19. The molecule has 2 atom stereocenters. The number of carbonyl (C=O) groups is 1. The third-order valence-corrected chi connectivity index (χ3v) is 4.39. The van der Waals surface area contributed by atoms with Gasteiger partial charge in [0.15, 0.2) is 0 Å². The first kappa shape index (κ1) is 16.1. The number of rotatable bonds is 4. The molecule has 1 fully saturated rings. The zero-order valence-corrected chi connectivity index (χ0v) is 13.5. The van der Waals surface area contributed by atoms with E-state index in [4.69, 9.17) is 11.6 Å². The number of piperidine rings is 1. The van der Waals surface area contributed by atoms with Crippen molar-refractivity contribution < 1.29 is 4.79 Å². The molecule has 1 heterocycles. The van der Waals surface area contributed by atoms with E-state index < -0.39 is 0 Å². The summed E-state index contributed by atoms with van der Waals surface area (Å²) in [5, 5.41) is 6.37. The minimum absolute atomic E-state index is 0.172. The number of carbonyl (C=O) groups excluding carboxylic acids is 1.